The van der Waals surface area contributed by atoms with Crippen molar-refractivity contribution in [3.8, 4) is 23.0 Å². The second kappa shape index (κ2) is 21.2. The number of methoxy groups -OCH3 is 4. The Balaban J connectivity index is 0.00000325. The summed E-state index contributed by atoms with van der Waals surface area (Å²) in [4.78, 5) is 39.3. The van der Waals surface area contributed by atoms with Crippen LogP contribution in [0.25, 0.3) is 11.2 Å². The predicted octanol–water partition coefficient (Wildman–Crippen LogP) is 9.34. The van der Waals surface area contributed by atoms with Gasteiger partial charge in [-0.2, -0.15) is 4.98 Å². The summed E-state index contributed by atoms with van der Waals surface area (Å²) in [6, 6.07) is 51.3. The lowest BCUT2D eigenvalue weighted by atomic mass is 9.69. The molecule has 0 aliphatic heterocycles. The number of ether oxygens (including phenoxy) is 6. The number of anilines is 1. The van der Waals surface area contributed by atoms with E-state index in [0.29, 0.717) is 35.1 Å². The summed E-state index contributed by atoms with van der Waals surface area (Å²) in [6.45, 7) is 1.83. The minimum atomic E-state index is -1.10. The molecule has 9 rings (SSSR count). The maximum atomic E-state index is 14.2. The molecule has 0 spiro atoms. The molecule has 6 aromatic carbocycles. The van der Waals surface area contributed by atoms with E-state index in [1.54, 1.807) is 34.8 Å². The van der Waals surface area contributed by atoms with Crippen LogP contribution in [-0.2, 0) is 25.4 Å². The summed E-state index contributed by atoms with van der Waals surface area (Å²) < 4.78 is 37.3. The van der Waals surface area contributed by atoms with Gasteiger partial charge in [0.2, 0.25) is 5.95 Å². The van der Waals surface area contributed by atoms with Crippen molar-refractivity contribution in [3.63, 3.8) is 0 Å². The number of nitrogens with one attached hydrogen (secondary N) is 2. The number of carbonyl (C=O) groups excluding carboxylic acids is 1. The topological polar surface area (TPSA) is 196 Å². The molecule has 0 bridgehead atoms. The van der Waals surface area contributed by atoms with Crippen molar-refractivity contribution in [3.05, 3.63) is 208 Å². The van der Waals surface area contributed by atoms with Gasteiger partial charge in [0, 0.05) is 35.6 Å². The highest BCUT2D eigenvalue weighted by Crippen LogP contribution is 2.49. The summed E-state index contributed by atoms with van der Waals surface area (Å²) in [5.41, 5.74) is 3.31. The Labute approximate surface area is 405 Å². The molecule has 0 amide bonds. The fourth-order valence-electron chi connectivity index (χ4n) is 9.55. The zero-order valence-electron chi connectivity index (χ0n) is 39.4. The molecule has 0 radical (unpaired) electrons. The molecule has 0 unspecified atom stereocenters. The Kier molecular flexibility index (Phi) is 14.5. The molecule has 2 heterocycles. The first-order valence-corrected chi connectivity index (χ1v) is 22.6. The summed E-state index contributed by atoms with van der Waals surface area (Å²) >= 11 is 0. The van der Waals surface area contributed by atoms with Gasteiger partial charge >= 0.3 is 5.97 Å². The molecule has 15 nitrogen and oxygen atoms in total. The number of esters is 1. The van der Waals surface area contributed by atoms with E-state index >= 15 is 0 Å². The van der Waals surface area contributed by atoms with E-state index < -0.39 is 16.7 Å². The highest BCUT2D eigenvalue weighted by atomic mass is 16.5. The van der Waals surface area contributed by atoms with E-state index in [-0.39, 0.29) is 48.5 Å². The van der Waals surface area contributed by atoms with Crippen molar-refractivity contribution >= 4 is 23.1 Å². The van der Waals surface area contributed by atoms with Gasteiger partial charge in [0.15, 0.2) is 11.2 Å². The smallest absolute Gasteiger partial charge is 0.302 e. The van der Waals surface area contributed by atoms with Gasteiger partial charge in [-0.1, -0.05) is 109 Å². The van der Waals surface area contributed by atoms with Crippen molar-refractivity contribution in [2.75, 3.05) is 47.0 Å². The second-order valence-corrected chi connectivity index (χ2v) is 16.8. The molecule has 1 aliphatic rings. The number of hydrogen-bond acceptors (Lipinski definition) is 13. The number of benzene rings is 6. The van der Waals surface area contributed by atoms with Crippen molar-refractivity contribution in [2.24, 2.45) is 11.8 Å². The summed E-state index contributed by atoms with van der Waals surface area (Å²) in [5, 5.41) is 15.7. The molecular weight excluding hydrogens is 887 g/mol. The molecule has 70 heavy (non-hydrogen) atoms. The average Bonchev–Trinajstić information content (AvgIpc) is 3.83. The molecule has 0 saturated heterocycles. The SMILES string of the molecule is COc1ccc(C(Nc2nc3c(ncn3[C@@H]3C[C@H](COC(C)=O)[C@H]3COC(c3ccccc3)(c3ccc(OC)cc3)c3ccc(OC)cc3)c(=O)[nH]2)(c2ccccc2)c2ccc(OC)cc2)cc1.N#N. The van der Waals surface area contributed by atoms with Crippen LogP contribution in [-0.4, -0.2) is 67.1 Å². The molecule has 356 valence electrons. The van der Waals surface area contributed by atoms with Gasteiger partial charge in [-0.3, -0.25) is 14.6 Å². The van der Waals surface area contributed by atoms with Gasteiger partial charge in [0.1, 0.15) is 34.1 Å². The number of aromatic nitrogens is 4. The van der Waals surface area contributed by atoms with Gasteiger partial charge < -0.3 is 38.3 Å². The number of hydrogen-bond donors (Lipinski definition) is 2. The molecule has 3 atom stereocenters. The number of aromatic amines is 1. The van der Waals surface area contributed by atoms with E-state index in [4.69, 9.17) is 44.2 Å². The average molecular weight is 940 g/mol. The first-order valence-electron chi connectivity index (χ1n) is 22.6. The molecular formula is C55H53N7O8. The Morgan fingerprint density at radius 2 is 1.07 bits per heavy atom. The van der Waals surface area contributed by atoms with E-state index in [1.807, 2.05) is 150 Å². The van der Waals surface area contributed by atoms with Gasteiger partial charge in [-0.15, -0.1) is 0 Å². The van der Waals surface area contributed by atoms with E-state index in [2.05, 4.69) is 27.4 Å². The third kappa shape index (κ3) is 9.24. The second-order valence-electron chi connectivity index (χ2n) is 16.8. The number of nitrogens with zero attached hydrogens (tertiary/aromatic N) is 5. The quantitative estimate of drug-likeness (QED) is 0.0470. The summed E-state index contributed by atoms with van der Waals surface area (Å²) in [6.07, 6.45) is 2.28. The van der Waals surface area contributed by atoms with Gasteiger partial charge in [-0.25, -0.2) is 4.98 Å². The largest absolute Gasteiger partial charge is 0.497 e. The van der Waals surface area contributed by atoms with Crippen molar-refractivity contribution in [1.29, 1.82) is 10.8 Å². The van der Waals surface area contributed by atoms with Gasteiger partial charge in [0.25, 0.3) is 5.56 Å². The Hall–Kier alpha value is -8.48. The van der Waals surface area contributed by atoms with Crippen LogP contribution in [0.4, 0.5) is 5.95 Å². The number of H-pyrrole nitrogens is 1. The third-order valence-corrected chi connectivity index (χ3v) is 13.2. The van der Waals surface area contributed by atoms with Crippen LogP contribution in [0, 0.1) is 22.6 Å². The molecule has 1 saturated carbocycles. The molecule has 1 fully saturated rings. The maximum absolute atomic E-state index is 14.2. The number of imidazole rings is 1. The summed E-state index contributed by atoms with van der Waals surface area (Å²) in [7, 11) is 6.55. The molecule has 2 N–H and O–H groups in total. The fourth-order valence-corrected chi connectivity index (χ4v) is 9.55. The zero-order chi connectivity index (χ0) is 49.3. The minimum absolute atomic E-state index is 0.0861. The third-order valence-electron chi connectivity index (χ3n) is 13.2. The van der Waals surface area contributed by atoms with Crippen LogP contribution in [0.5, 0.6) is 23.0 Å². The normalized spacial score (nSPS) is 15.4. The zero-order valence-corrected chi connectivity index (χ0v) is 39.4. The van der Waals surface area contributed by atoms with Crippen LogP contribution < -0.4 is 29.8 Å². The van der Waals surface area contributed by atoms with E-state index in [0.717, 1.165) is 33.4 Å². The Morgan fingerprint density at radius 1 is 0.643 bits per heavy atom. The van der Waals surface area contributed by atoms with Crippen LogP contribution >= 0.6 is 0 Å². The van der Waals surface area contributed by atoms with Crippen molar-refractivity contribution in [1.82, 2.24) is 19.5 Å². The lowest BCUT2D eigenvalue weighted by Gasteiger charge is -2.47. The maximum Gasteiger partial charge on any atom is 0.302 e. The first kappa shape index (κ1) is 48.0. The fraction of sp³-hybridized carbons (Fsp3) is 0.236. The number of fused-ring (bicyclic) bond motifs is 1. The molecule has 1 aliphatic carbocycles. The van der Waals surface area contributed by atoms with Crippen molar-refractivity contribution < 1.29 is 33.2 Å². The number of carbonyl (C=O) groups is 1. The van der Waals surface area contributed by atoms with Crippen molar-refractivity contribution in [2.45, 2.75) is 30.5 Å². The van der Waals surface area contributed by atoms with Crippen LogP contribution in [0.2, 0.25) is 0 Å². The van der Waals surface area contributed by atoms with E-state index in [1.165, 1.54) is 6.92 Å². The molecule has 15 heteroatoms. The highest BCUT2D eigenvalue weighted by molar-refractivity contribution is 5.72. The van der Waals surface area contributed by atoms with Crippen LogP contribution in [0.3, 0.4) is 0 Å². The monoisotopic (exact) mass is 939 g/mol. The first-order chi connectivity index (χ1) is 34.2. The minimum Gasteiger partial charge on any atom is -0.497 e. The lowest BCUT2D eigenvalue weighted by Crippen LogP contribution is -2.46. The Bertz CT molecular complexity index is 2980. The van der Waals surface area contributed by atoms with Gasteiger partial charge in [-0.05, 0) is 88.3 Å². The lowest BCUT2D eigenvalue weighted by molar-refractivity contribution is -0.147. The highest BCUT2D eigenvalue weighted by Gasteiger charge is 2.47. The summed E-state index contributed by atoms with van der Waals surface area (Å²) in [5.74, 6) is 2.38. The van der Waals surface area contributed by atoms with Crippen LogP contribution in [0.15, 0.2) is 169 Å². The molecule has 8 aromatic rings. The Morgan fingerprint density at radius 3 is 1.53 bits per heavy atom. The number of rotatable bonds is 18. The molecule has 2 aromatic heterocycles. The van der Waals surface area contributed by atoms with E-state index in [9.17, 15) is 9.59 Å². The standard InChI is InChI=1S/C55H53N5O8.N2/c1-36(61)67-33-37-32-49(48(37)34-68-55(41-14-10-7-11-15-41,42-20-28-46(65-4)29-21-42)43-22-30-47(66-5)31-23-43)60-35-56-50-51(60)57-53(58-52(50)62)59-54(38-12-8-6-9-13-38,39-16-24-44(63-2)25-17-39)40-18-26-45(64-3)27-19-40;1-2/h6-31,35,37,48-49H,32-34H2,1-5H3,(H2,57,58,59,62);/t37-,48-,49-;/m1./s1. The van der Waals surface area contributed by atoms with Crippen LogP contribution in [0.1, 0.15) is 52.8 Å². The van der Waals surface area contributed by atoms with Gasteiger partial charge in [0.05, 0.1) is 48.0 Å². The predicted molar refractivity (Wildman–Crippen MR) is 263 cm³/mol.